The first-order valence-electron chi connectivity index (χ1n) is 6.63. The van der Waals surface area contributed by atoms with E-state index in [-0.39, 0.29) is 29.6 Å². The number of benzene rings is 1. The van der Waals surface area contributed by atoms with Gasteiger partial charge in [0.05, 0.1) is 4.90 Å². The van der Waals surface area contributed by atoms with E-state index in [2.05, 4.69) is 4.72 Å². The third-order valence-corrected chi connectivity index (χ3v) is 4.97. The topological polar surface area (TPSA) is 89.3 Å². The van der Waals surface area contributed by atoms with Crippen molar-refractivity contribution >= 4 is 28.2 Å². The number of carbonyl (C=O) groups excluding carboxylic acids is 1. The van der Waals surface area contributed by atoms with Gasteiger partial charge in [-0.3, -0.25) is 4.79 Å². The molecule has 21 heavy (non-hydrogen) atoms. The van der Waals surface area contributed by atoms with E-state index < -0.39 is 15.6 Å². The van der Waals surface area contributed by atoms with Crippen LogP contribution in [0, 0.1) is 0 Å². The summed E-state index contributed by atoms with van der Waals surface area (Å²) in [4.78, 5) is 11.4. The second-order valence-electron chi connectivity index (χ2n) is 4.98. The van der Waals surface area contributed by atoms with Crippen LogP contribution < -0.4 is 10.5 Å². The Bertz CT molecular complexity index is 584. The normalized spacial score (nSPS) is 11.8. The van der Waals surface area contributed by atoms with Crippen molar-refractivity contribution in [3.8, 4) is 0 Å². The van der Waals surface area contributed by atoms with Crippen molar-refractivity contribution < 1.29 is 13.2 Å². The average Bonchev–Trinajstić information content (AvgIpc) is 2.45. The quantitative estimate of drug-likeness (QED) is 0.747. The Kier molecular flexibility index (Phi) is 7.53. The fraction of sp³-hybridized carbons (Fsp3) is 0.500. The number of carbonyl (C=O) groups is 1. The summed E-state index contributed by atoms with van der Waals surface area (Å²) in [6.45, 7) is 5.42. The van der Waals surface area contributed by atoms with Crippen LogP contribution in [-0.4, -0.2) is 26.3 Å². The Hall–Kier alpha value is -0.950. The molecule has 120 valence electrons. The van der Waals surface area contributed by atoms with Crippen LogP contribution in [0.15, 0.2) is 29.2 Å². The number of rotatable bonds is 7. The van der Waals surface area contributed by atoms with Gasteiger partial charge < -0.3 is 5.73 Å². The van der Waals surface area contributed by atoms with E-state index in [4.69, 9.17) is 5.73 Å². The monoisotopic (exact) mass is 334 g/mol. The first-order valence-corrected chi connectivity index (χ1v) is 8.12. The molecule has 0 bridgehead atoms. The molecule has 1 aromatic carbocycles. The Labute approximate surface area is 132 Å². The zero-order valence-electron chi connectivity index (χ0n) is 12.5. The van der Waals surface area contributed by atoms with Gasteiger partial charge in [0.2, 0.25) is 10.0 Å². The van der Waals surface area contributed by atoms with Crippen molar-refractivity contribution in [1.82, 2.24) is 4.72 Å². The molecule has 0 amide bonds. The minimum absolute atomic E-state index is 0. The van der Waals surface area contributed by atoms with Gasteiger partial charge in [-0.1, -0.05) is 26.0 Å². The molecule has 0 fully saturated rings. The van der Waals surface area contributed by atoms with Crippen molar-refractivity contribution in [2.75, 3.05) is 6.54 Å². The summed E-state index contributed by atoms with van der Waals surface area (Å²) in [7, 11) is -3.65. The smallest absolute Gasteiger partial charge is 0.240 e. The molecule has 0 aliphatic rings. The molecule has 3 N–H and O–H groups in total. The van der Waals surface area contributed by atoms with E-state index in [0.717, 1.165) is 0 Å². The molecule has 7 heteroatoms. The third-order valence-electron chi connectivity index (χ3n) is 3.57. The summed E-state index contributed by atoms with van der Waals surface area (Å²) < 4.78 is 26.9. The summed E-state index contributed by atoms with van der Waals surface area (Å²) >= 11 is 0. The van der Waals surface area contributed by atoms with Crippen LogP contribution >= 0.6 is 12.4 Å². The third kappa shape index (κ3) is 5.39. The number of hydrogen-bond acceptors (Lipinski definition) is 4. The number of sulfonamides is 1. The van der Waals surface area contributed by atoms with E-state index >= 15 is 0 Å². The van der Waals surface area contributed by atoms with Crippen molar-refractivity contribution in [3.05, 3.63) is 29.8 Å². The number of nitrogens with two attached hydrogens (primary N) is 1. The van der Waals surface area contributed by atoms with Gasteiger partial charge in [0, 0.05) is 17.6 Å². The molecular formula is C14H23ClN2O3S. The first kappa shape index (κ1) is 20.1. The van der Waals surface area contributed by atoms with Crippen LogP contribution in [0.25, 0.3) is 0 Å². The number of halogens is 1. The fourth-order valence-corrected chi connectivity index (χ4v) is 2.89. The summed E-state index contributed by atoms with van der Waals surface area (Å²) in [5.74, 6) is -0.169. The first-order chi connectivity index (χ1) is 9.24. The highest BCUT2D eigenvalue weighted by atomic mass is 35.5. The Morgan fingerprint density at radius 3 is 2.33 bits per heavy atom. The van der Waals surface area contributed by atoms with E-state index in [1.165, 1.54) is 19.1 Å². The van der Waals surface area contributed by atoms with Crippen LogP contribution in [0.5, 0.6) is 0 Å². The molecule has 0 radical (unpaired) electrons. The summed E-state index contributed by atoms with van der Waals surface area (Å²) in [5, 5.41) is 0. The number of hydrogen-bond donors (Lipinski definition) is 2. The standard InChI is InChI=1S/C14H22N2O3S.ClH/c1-4-14(15,5-2)10-16-20(18,19)13-8-6-7-12(9-13)11(3)17;/h6-9,16H,4-5,10,15H2,1-3H3;1H. The molecule has 0 aromatic heterocycles. The zero-order valence-corrected chi connectivity index (χ0v) is 14.2. The molecule has 0 saturated carbocycles. The molecule has 0 heterocycles. The summed E-state index contributed by atoms with van der Waals surface area (Å²) in [6, 6.07) is 5.99. The molecule has 0 aliphatic heterocycles. The predicted molar refractivity (Wildman–Crippen MR) is 86.4 cm³/mol. The lowest BCUT2D eigenvalue weighted by molar-refractivity contribution is 0.101. The van der Waals surface area contributed by atoms with Crippen molar-refractivity contribution in [2.45, 2.75) is 44.0 Å². The number of Topliss-reactive ketones (excluding diaryl/α,β-unsaturated/α-hetero) is 1. The summed E-state index contributed by atoms with van der Waals surface area (Å²) in [5.41, 5.74) is 5.90. The highest BCUT2D eigenvalue weighted by Gasteiger charge is 2.24. The van der Waals surface area contributed by atoms with Gasteiger partial charge in [0.1, 0.15) is 0 Å². The molecule has 0 aliphatic carbocycles. The molecule has 0 saturated heterocycles. The molecular weight excluding hydrogens is 312 g/mol. The van der Waals surface area contributed by atoms with Gasteiger partial charge in [-0.2, -0.15) is 0 Å². The molecule has 0 atom stereocenters. The molecule has 1 rings (SSSR count). The van der Waals surface area contributed by atoms with E-state index in [0.29, 0.717) is 18.4 Å². The van der Waals surface area contributed by atoms with Gasteiger partial charge in [0.15, 0.2) is 5.78 Å². The zero-order chi connectivity index (χ0) is 15.4. The minimum atomic E-state index is -3.65. The van der Waals surface area contributed by atoms with Crippen LogP contribution in [0.1, 0.15) is 44.0 Å². The van der Waals surface area contributed by atoms with Crippen LogP contribution in [0.4, 0.5) is 0 Å². The molecule has 0 spiro atoms. The second kappa shape index (κ2) is 7.89. The van der Waals surface area contributed by atoms with Gasteiger partial charge in [-0.05, 0) is 31.9 Å². The van der Waals surface area contributed by atoms with E-state index in [9.17, 15) is 13.2 Å². The molecule has 1 aromatic rings. The van der Waals surface area contributed by atoms with Crippen molar-refractivity contribution in [2.24, 2.45) is 5.73 Å². The number of nitrogens with one attached hydrogen (secondary N) is 1. The highest BCUT2D eigenvalue weighted by molar-refractivity contribution is 7.89. The molecule has 0 unspecified atom stereocenters. The Morgan fingerprint density at radius 1 is 1.29 bits per heavy atom. The van der Waals surface area contributed by atoms with Gasteiger partial charge in [-0.25, -0.2) is 13.1 Å². The van der Waals surface area contributed by atoms with Crippen LogP contribution in [-0.2, 0) is 10.0 Å². The summed E-state index contributed by atoms with van der Waals surface area (Å²) in [6.07, 6.45) is 1.36. The lowest BCUT2D eigenvalue weighted by Gasteiger charge is -2.26. The fourth-order valence-electron chi connectivity index (χ4n) is 1.70. The molecule has 5 nitrogen and oxygen atoms in total. The van der Waals surface area contributed by atoms with Crippen molar-refractivity contribution in [1.29, 1.82) is 0 Å². The van der Waals surface area contributed by atoms with Gasteiger partial charge >= 0.3 is 0 Å². The van der Waals surface area contributed by atoms with Gasteiger partial charge in [-0.15, -0.1) is 12.4 Å². The highest BCUT2D eigenvalue weighted by Crippen LogP contribution is 2.14. The lowest BCUT2D eigenvalue weighted by Crippen LogP contribution is -2.49. The lowest BCUT2D eigenvalue weighted by atomic mass is 9.95. The van der Waals surface area contributed by atoms with Crippen molar-refractivity contribution in [3.63, 3.8) is 0 Å². The predicted octanol–water partition coefficient (Wildman–Crippen LogP) is 2.11. The Morgan fingerprint density at radius 2 is 1.86 bits per heavy atom. The largest absolute Gasteiger partial charge is 0.324 e. The maximum Gasteiger partial charge on any atom is 0.240 e. The SMILES string of the molecule is CCC(N)(CC)CNS(=O)(=O)c1cccc(C(C)=O)c1.Cl. The number of ketones is 1. The van der Waals surface area contributed by atoms with Gasteiger partial charge in [0.25, 0.3) is 0 Å². The second-order valence-corrected chi connectivity index (χ2v) is 6.75. The average molecular weight is 335 g/mol. The minimum Gasteiger partial charge on any atom is -0.324 e. The van der Waals surface area contributed by atoms with E-state index in [1.807, 2.05) is 13.8 Å². The van der Waals surface area contributed by atoms with Crippen LogP contribution in [0.2, 0.25) is 0 Å². The van der Waals surface area contributed by atoms with Crippen LogP contribution in [0.3, 0.4) is 0 Å². The Balaban J connectivity index is 0.00000400. The van der Waals surface area contributed by atoms with E-state index in [1.54, 1.807) is 12.1 Å². The maximum atomic E-state index is 12.2. The maximum absolute atomic E-state index is 12.2.